The summed E-state index contributed by atoms with van der Waals surface area (Å²) >= 11 is 3.45. The minimum Gasteiger partial charge on any atom is -0.379 e. The van der Waals surface area contributed by atoms with Gasteiger partial charge in [0.1, 0.15) is 0 Å². The molecule has 84 valence electrons. The second kappa shape index (κ2) is 7.66. The molecule has 0 saturated carbocycles. The third-order valence-electron chi connectivity index (χ3n) is 2.68. The van der Waals surface area contributed by atoms with Gasteiger partial charge in [-0.05, 0) is 31.6 Å². The zero-order chi connectivity index (χ0) is 10.2. The van der Waals surface area contributed by atoms with Crippen LogP contribution in [0.5, 0.6) is 0 Å². The molecule has 0 amide bonds. The zero-order valence-corrected chi connectivity index (χ0v) is 10.6. The average molecular weight is 265 g/mol. The smallest absolute Gasteiger partial charge is 0.0809 e. The van der Waals surface area contributed by atoms with Gasteiger partial charge >= 0.3 is 0 Å². The van der Waals surface area contributed by atoms with E-state index in [-0.39, 0.29) is 0 Å². The summed E-state index contributed by atoms with van der Waals surface area (Å²) in [4.78, 5) is 0. The molecule has 1 fully saturated rings. The van der Waals surface area contributed by atoms with Crippen molar-refractivity contribution in [3.63, 3.8) is 0 Å². The standard InChI is InChI=1S/C11H21BrO2/c1-10(4-6-12)5-8-13-9-11-3-2-7-14-11/h10-11H,2-9H2,1H3. The van der Waals surface area contributed by atoms with E-state index in [9.17, 15) is 0 Å². The fraction of sp³-hybridized carbons (Fsp3) is 1.00. The van der Waals surface area contributed by atoms with Gasteiger partial charge in [-0.15, -0.1) is 0 Å². The van der Waals surface area contributed by atoms with Crippen LogP contribution in [0.4, 0.5) is 0 Å². The van der Waals surface area contributed by atoms with Gasteiger partial charge in [-0.3, -0.25) is 0 Å². The van der Waals surface area contributed by atoms with Gasteiger partial charge in [0, 0.05) is 18.5 Å². The molecule has 2 nitrogen and oxygen atoms in total. The van der Waals surface area contributed by atoms with E-state index in [4.69, 9.17) is 9.47 Å². The fourth-order valence-electron chi connectivity index (χ4n) is 1.61. The molecule has 0 N–H and O–H groups in total. The van der Waals surface area contributed by atoms with Crippen LogP contribution in [0.3, 0.4) is 0 Å². The Balaban J connectivity index is 1.88. The van der Waals surface area contributed by atoms with E-state index in [0.717, 1.165) is 31.1 Å². The Labute approximate surface area is 95.5 Å². The molecular formula is C11H21BrO2. The van der Waals surface area contributed by atoms with Gasteiger partial charge in [0.15, 0.2) is 0 Å². The van der Waals surface area contributed by atoms with Crippen molar-refractivity contribution in [1.29, 1.82) is 0 Å². The average Bonchev–Trinajstić information content (AvgIpc) is 2.65. The van der Waals surface area contributed by atoms with Gasteiger partial charge in [-0.1, -0.05) is 22.9 Å². The molecule has 3 heteroatoms. The van der Waals surface area contributed by atoms with Gasteiger partial charge < -0.3 is 9.47 Å². The molecule has 1 aliphatic rings. The largest absolute Gasteiger partial charge is 0.379 e. The van der Waals surface area contributed by atoms with Gasteiger partial charge in [-0.25, -0.2) is 0 Å². The number of hydrogen-bond acceptors (Lipinski definition) is 2. The van der Waals surface area contributed by atoms with Gasteiger partial charge in [0.05, 0.1) is 12.7 Å². The molecule has 0 aromatic rings. The van der Waals surface area contributed by atoms with Crippen LogP contribution in [0.15, 0.2) is 0 Å². The quantitative estimate of drug-likeness (QED) is 0.520. The van der Waals surface area contributed by atoms with Crippen LogP contribution < -0.4 is 0 Å². The number of rotatable bonds is 7. The third-order valence-corrected chi connectivity index (χ3v) is 3.14. The molecule has 2 atom stereocenters. The molecule has 1 heterocycles. The molecular weight excluding hydrogens is 244 g/mol. The second-order valence-electron chi connectivity index (χ2n) is 4.08. The van der Waals surface area contributed by atoms with Crippen LogP contribution in [-0.4, -0.2) is 31.3 Å². The minimum atomic E-state index is 0.376. The SMILES string of the molecule is CC(CCBr)CCOCC1CCCO1. The highest BCUT2D eigenvalue weighted by Gasteiger charge is 2.15. The van der Waals surface area contributed by atoms with Crippen LogP contribution in [0.2, 0.25) is 0 Å². The Morgan fingerprint density at radius 2 is 2.36 bits per heavy atom. The van der Waals surface area contributed by atoms with E-state index >= 15 is 0 Å². The highest BCUT2D eigenvalue weighted by atomic mass is 79.9. The molecule has 0 aromatic carbocycles. The topological polar surface area (TPSA) is 18.5 Å². The Hall–Kier alpha value is 0.400. The normalized spacial score (nSPS) is 24.0. The maximum Gasteiger partial charge on any atom is 0.0809 e. The predicted molar refractivity (Wildman–Crippen MR) is 62.0 cm³/mol. The summed E-state index contributed by atoms with van der Waals surface area (Å²) in [6.45, 7) is 4.87. The molecule has 1 rings (SSSR count). The van der Waals surface area contributed by atoms with Crippen molar-refractivity contribution in [2.45, 2.75) is 38.7 Å². The molecule has 0 bridgehead atoms. The summed E-state index contributed by atoms with van der Waals surface area (Å²) in [5.74, 6) is 0.763. The van der Waals surface area contributed by atoms with E-state index in [1.54, 1.807) is 0 Å². The monoisotopic (exact) mass is 264 g/mol. The van der Waals surface area contributed by atoms with E-state index in [2.05, 4.69) is 22.9 Å². The van der Waals surface area contributed by atoms with Gasteiger partial charge in [0.2, 0.25) is 0 Å². The molecule has 0 radical (unpaired) electrons. The molecule has 0 aromatic heterocycles. The minimum absolute atomic E-state index is 0.376. The molecule has 2 unspecified atom stereocenters. The van der Waals surface area contributed by atoms with Gasteiger partial charge in [0.25, 0.3) is 0 Å². The summed E-state index contributed by atoms with van der Waals surface area (Å²) in [6, 6.07) is 0. The van der Waals surface area contributed by atoms with Crippen LogP contribution in [-0.2, 0) is 9.47 Å². The highest BCUT2D eigenvalue weighted by Crippen LogP contribution is 2.13. The Morgan fingerprint density at radius 3 is 3.00 bits per heavy atom. The first-order valence-corrected chi connectivity index (χ1v) is 6.70. The third kappa shape index (κ3) is 5.32. The zero-order valence-electron chi connectivity index (χ0n) is 9.01. The van der Waals surface area contributed by atoms with Crippen molar-refractivity contribution in [1.82, 2.24) is 0 Å². The van der Waals surface area contributed by atoms with Crippen molar-refractivity contribution in [3.8, 4) is 0 Å². The Morgan fingerprint density at radius 1 is 1.50 bits per heavy atom. The first-order chi connectivity index (χ1) is 6.83. The lowest BCUT2D eigenvalue weighted by atomic mass is 10.1. The van der Waals surface area contributed by atoms with Crippen LogP contribution >= 0.6 is 15.9 Å². The maximum atomic E-state index is 5.59. The summed E-state index contributed by atoms with van der Waals surface area (Å²) in [5, 5.41) is 1.10. The number of hydrogen-bond donors (Lipinski definition) is 0. The van der Waals surface area contributed by atoms with Crippen molar-refractivity contribution in [2.75, 3.05) is 25.2 Å². The molecule has 14 heavy (non-hydrogen) atoms. The highest BCUT2D eigenvalue weighted by molar-refractivity contribution is 9.09. The molecule has 0 aliphatic carbocycles. The van der Waals surface area contributed by atoms with Crippen LogP contribution in [0.25, 0.3) is 0 Å². The van der Waals surface area contributed by atoms with Crippen molar-refractivity contribution < 1.29 is 9.47 Å². The molecule has 1 aliphatic heterocycles. The maximum absolute atomic E-state index is 5.59. The number of halogens is 1. The van der Waals surface area contributed by atoms with Crippen LogP contribution in [0.1, 0.15) is 32.6 Å². The van der Waals surface area contributed by atoms with Crippen molar-refractivity contribution in [3.05, 3.63) is 0 Å². The number of alkyl halides is 1. The fourth-order valence-corrected chi connectivity index (χ4v) is 2.39. The van der Waals surface area contributed by atoms with Gasteiger partial charge in [-0.2, -0.15) is 0 Å². The Bertz CT molecular complexity index is 135. The van der Waals surface area contributed by atoms with Crippen molar-refractivity contribution in [2.24, 2.45) is 5.92 Å². The van der Waals surface area contributed by atoms with E-state index in [1.807, 2.05) is 0 Å². The molecule has 0 spiro atoms. The lowest BCUT2D eigenvalue weighted by molar-refractivity contribution is 0.0137. The van der Waals surface area contributed by atoms with E-state index < -0.39 is 0 Å². The van der Waals surface area contributed by atoms with Crippen molar-refractivity contribution >= 4 is 15.9 Å². The lowest BCUT2D eigenvalue weighted by Gasteiger charge is -2.12. The number of ether oxygens (including phenoxy) is 2. The lowest BCUT2D eigenvalue weighted by Crippen LogP contribution is -2.15. The predicted octanol–water partition coefficient (Wildman–Crippen LogP) is 2.99. The van der Waals surface area contributed by atoms with E-state index in [1.165, 1.54) is 25.7 Å². The summed E-state index contributed by atoms with van der Waals surface area (Å²) in [6.07, 6.45) is 5.16. The second-order valence-corrected chi connectivity index (χ2v) is 4.87. The first kappa shape index (κ1) is 12.5. The summed E-state index contributed by atoms with van der Waals surface area (Å²) in [5.41, 5.74) is 0. The summed E-state index contributed by atoms with van der Waals surface area (Å²) < 4.78 is 11.1. The first-order valence-electron chi connectivity index (χ1n) is 5.58. The molecule has 1 saturated heterocycles. The van der Waals surface area contributed by atoms with Crippen LogP contribution in [0, 0.1) is 5.92 Å². The summed E-state index contributed by atoms with van der Waals surface area (Å²) in [7, 11) is 0. The van der Waals surface area contributed by atoms with E-state index in [0.29, 0.717) is 6.10 Å². The Kier molecular flexibility index (Phi) is 6.82.